The van der Waals surface area contributed by atoms with Gasteiger partial charge in [-0.05, 0) is 49.2 Å². The van der Waals surface area contributed by atoms with Crippen LogP contribution in [0, 0.1) is 5.92 Å². The Labute approximate surface area is 162 Å². The summed E-state index contributed by atoms with van der Waals surface area (Å²) in [5.74, 6) is 1.42. The van der Waals surface area contributed by atoms with Gasteiger partial charge in [0.1, 0.15) is 18.1 Å². The van der Waals surface area contributed by atoms with E-state index in [9.17, 15) is 9.59 Å². The Morgan fingerprint density at radius 1 is 1.14 bits per heavy atom. The number of anilines is 1. The Kier molecular flexibility index (Phi) is 4.97. The third-order valence-corrected chi connectivity index (χ3v) is 4.78. The van der Waals surface area contributed by atoms with E-state index < -0.39 is 0 Å². The minimum Gasteiger partial charge on any atom is -0.497 e. The Balaban J connectivity index is 1.51. The van der Waals surface area contributed by atoms with Crippen molar-refractivity contribution in [3.8, 4) is 5.75 Å². The fourth-order valence-corrected chi connectivity index (χ4v) is 3.11. The van der Waals surface area contributed by atoms with Gasteiger partial charge >= 0.3 is 0 Å². The standard InChI is InChI=1S/C21H22N4O3/c1-28-16-10-8-15(9-11-16)23-20(26)13-25-18-5-3-2-4-17(18)24-19(25)12-22-21(27)14-6-7-14/h2-5,8-11,14H,6-7,12-13H2,1H3,(H,22,27)(H,23,26). The number of carbonyl (C=O) groups is 2. The first-order valence-electron chi connectivity index (χ1n) is 9.30. The minimum atomic E-state index is -0.164. The fraction of sp³-hybridized carbons (Fsp3) is 0.286. The van der Waals surface area contributed by atoms with Gasteiger partial charge in [-0.2, -0.15) is 0 Å². The summed E-state index contributed by atoms with van der Waals surface area (Å²) in [5, 5.41) is 5.82. The van der Waals surface area contributed by atoms with Gasteiger partial charge in [-0.25, -0.2) is 4.98 Å². The molecule has 7 heteroatoms. The molecule has 1 fully saturated rings. The monoisotopic (exact) mass is 378 g/mol. The number of rotatable bonds is 7. The maximum Gasteiger partial charge on any atom is 0.244 e. The van der Waals surface area contributed by atoms with Crippen molar-refractivity contribution in [1.82, 2.24) is 14.9 Å². The van der Waals surface area contributed by atoms with E-state index in [1.165, 1.54) is 0 Å². The maximum absolute atomic E-state index is 12.6. The number of nitrogens with zero attached hydrogens (tertiary/aromatic N) is 2. The number of hydrogen-bond donors (Lipinski definition) is 2. The van der Waals surface area contributed by atoms with Crippen molar-refractivity contribution in [1.29, 1.82) is 0 Å². The second-order valence-electron chi connectivity index (χ2n) is 6.87. The lowest BCUT2D eigenvalue weighted by Crippen LogP contribution is -2.27. The van der Waals surface area contributed by atoms with Gasteiger partial charge in [0, 0.05) is 11.6 Å². The summed E-state index contributed by atoms with van der Waals surface area (Å²) in [6.45, 7) is 0.418. The van der Waals surface area contributed by atoms with Gasteiger partial charge < -0.3 is 19.9 Å². The topological polar surface area (TPSA) is 85.2 Å². The van der Waals surface area contributed by atoms with E-state index in [1.54, 1.807) is 31.4 Å². The number of nitrogens with one attached hydrogen (secondary N) is 2. The molecule has 0 bridgehead atoms. The minimum absolute atomic E-state index is 0.0568. The largest absolute Gasteiger partial charge is 0.497 e. The van der Waals surface area contributed by atoms with Gasteiger partial charge in [-0.15, -0.1) is 0 Å². The van der Waals surface area contributed by atoms with Crippen molar-refractivity contribution in [2.45, 2.75) is 25.9 Å². The Morgan fingerprint density at radius 2 is 1.89 bits per heavy atom. The van der Waals surface area contributed by atoms with Crippen LogP contribution in [-0.4, -0.2) is 28.5 Å². The molecule has 144 valence electrons. The normalized spacial score (nSPS) is 13.3. The summed E-state index contributed by atoms with van der Waals surface area (Å²) in [6, 6.07) is 14.8. The second kappa shape index (κ2) is 7.72. The van der Waals surface area contributed by atoms with Gasteiger partial charge in [0.05, 0.1) is 24.7 Å². The van der Waals surface area contributed by atoms with Crippen LogP contribution in [0.3, 0.4) is 0 Å². The molecule has 0 spiro atoms. The second-order valence-corrected chi connectivity index (χ2v) is 6.87. The molecule has 0 saturated heterocycles. The van der Waals surface area contributed by atoms with Crippen LogP contribution in [0.4, 0.5) is 5.69 Å². The number of hydrogen-bond acceptors (Lipinski definition) is 4. The molecular weight excluding hydrogens is 356 g/mol. The number of benzene rings is 2. The predicted molar refractivity (Wildman–Crippen MR) is 106 cm³/mol. The first-order valence-corrected chi connectivity index (χ1v) is 9.30. The molecule has 2 amide bonds. The summed E-state index contributed by atoms with van der Waals surface area (Å²) < 4.78 is 6.98. The highest BCUT2D eigenvalue weighted by Crippen LogP contribution is 2.29. The quantitative estimate of drug-likeness (QED) is 0.662. The van der Waals surface area contributed by atoms with Gasteiger partial charge in [-0.3, -0.25) is 9.59 Å². The van der Waals surface area contributed by atoms with Crippen molar-refractivity contribution < 1.29 is 14.3 Å². The maximum atomic E-state index is 12.6. The number of amides is 2. The molecule has 2 N–H and O–H groups in total. The molecule has 1 aromatic heterocycles. The van der Waals surface area contributed by atoms with Crippen LogP contribution in [0.5, 0.6) is 5.75 Å². The SMILES string of the molecule is COc1ccc(NC(=O)Cn2c(CNC(=O)C3CC3)nc3ccccc32)cc1. The molecule has 3 aromatic rings. The van der Waals surface area contributed by atoms with Crippen molar-refractivity contribution in [3.05, 3.63) is 54.4 Å². The Morgan fingerprint density at radius 3 is 2.61 bits per heavy atom. The molecule has 28 heavy (non-hydrogen) atoms. The van der Waals surface area contributed by atoms with Crippen molar-refractivity contribution in [2.24, 2.45) is 5.92 Å². The molecule has 7 nitrogen and oxygen atoms in total. The van der Waals surface area contributed by atoms with Crippen LogP contribution in [0.2, 0.25) is 0 Å². The van der Waals surface area contributed by atoms with Crippen molar-refractivity contribution >= 4 is 28.5 Å². The molecule has 1 aliphatic carbocycles. The number of carbonyl (C=O) groups excluding carboxylic acids is 2. The van der Waals surface area contributed by atoms with Gasteiger partial charge in [0.15, 0.2) is 0 Å². The van der Waals surface area contributed by atoms with Crippen molar-refractivity contribution in [3.63, 3.8) is 0 Å². The molecule has 2 aromatic carbocycles. The average Bonchev–Trinajstić information content (AvgIpc) is 3.51. The van der Waals surface area contributed by atoms with E-state index in [4.69, 9.17) is 4.74 Å². The molecule has 1 aliphatic rings. The Hall–Kier alpha value is -3.35. The highest BCUT2D eigenvalue weighted by atomic mass is 16.5. The zero-order chi connectivity index (χ0) is 19.5. The van der Waals surface area contributed by atoms with Crippen LogP contribution in [-0.2, 0) is 22.7 Å². The third-order valence-electron chi connectivity index (χ3n) is 4.78. The lowest BCUT2D eigenvalue weighted by Gasteiger charge is -2.11. The zero-order valence-corrected chi connectivity index (χ0v) is 15.6. The number of ether oxygens (including phenoxy) is 1. The van der Waals surface area contributed by atoms with Gasteiger partial charge in [-0.1, -0.05) is 12.1 Å². The summed E-state index contributed by atoms with van der Waals surface area (Å²) in [6.07, 6.45) is 1.90. The van der Waals surface area contributed by atoms with Crippen LogP contribution >= 0.6 is 0 Å². The van der Waals surface area contributed by atoms with Crippen LogP contribution in [0.25, 0.3) is 11.0 Å². The van der Waals surface area contributed by atoms with Crippen LogP contribution in [0.1, 0.15) is 18.7 Å². The van der Waals surface area contributed by atoms with E-state index in [-0.39, 0.29) is 24.3 Å². The molecule has 1 heterocycles. The zero-order valence-electron chi connectivity index (χ0n) is 15.6. The highest BCUT2D eigenvalue weighted by Gasteiger charge is 2.29. The molecular formula is C21H22N4O3. The third kappa shape index (κ3) is 3.98. The highest BCUT2D eigenvalue weighted by molar-refractivity contribution is 5.91. The first kappa shape index (κ1) is 18.0. The van der Waals surface area contributed by atoms with E-state index in [0.29, 0.717) is 18.1 Å². The number of aromatic nitrogens is 2. The Bertz CT molecular complexity index is 1010. The fourth-order valence-electron chi connectivity index (χ4n) is 3.11. The molecule has 4 rings (SSSR count). The lowest BCUT2D eigenvalue weighted by atomic mass is 10.3. The molecule has 0 radical (unpaired) electrons. The van der Waals surface area contributed by atoms with E-state index in [0.717, 1.165) is 29.6 Å². The lowest BCUT2D eigenvalue weighted by molar-refractivity contribution is -0.122. The number of fused-ring (bicyclic) bond motifs is 1. The summed E-state index contributed by atoms with van der Waals surface area (Å²) in [4.78, 5) is 29.2. The molecule has 0 aliphatic heterocycles. The van der Waals surface area contributed by atoms with E-state index in [1.807, 2.05) is 28.8 Å². The van der Waals surface area contributed by atoms with Crippen LogP contribution < -0.4 is 15.4 Å². The van der Waals surface area contributed by atoms with E-state index in [2.05, 4.69) is 15.6 Å². The number of para-hydroxylation sites is 2. The molecule has 0 unspecified atom stereocenters. The van der Waals surface area contributed by atoms with Gasteiger partial charge in [0.25, 0.3) is 0 Å². The smallest absolute Gasteiger partial charge is 0.244 e. The first-order chi connectivity index (χ1) is 13.6. The van der Waals surface area contributed by atoms with E-state index >= 15 is 0 Å². The number of imidazole rings is 1. The van der Waals surface area contributed by atoms with Gasteiger partial charge in [0.2, 0.25) is 11.8 Å². The van der Waals surface area contributed by atoms with Crippen molar-refractivity contribution in [2.75, 3.05) is 12.4 Å². The summed E-state index contributed by atoms with van der Waals surface area (Å²) in [7, 11) is 1.60. The average molecular weight is 378 g/mol. The molecule has 0 atom stereocenters. The molecule has 1 saturated carbocycles. The summed E-state index contributed by atoms with van der Waals surface area (Å²) >= 11 is 0. The van der Waals surface area contributed by atoms with Crippen LogP contribution in [0.15, 0.2) is 48.5 Å². The number of methoxy groups -OCH3 is 1. The predicted octanol–water partition coefficient (Wildman–Crippen LogP) is 2.71. The summed E-state index contributed by atoms with van der Waals surface area (Å²) in [5.41, 5.74) is 2.36.